The highest BCUT2D eigenvalue weighted by molar-refractivity contribution is 4.81. The summed E-state index contributed by atoms with van der Waals surface area (Å²) >= 11 is 0. The van der Waals surface area contributed by atoms with Crippen molar-refractivity contribution in [3.63, 3.8) is 0 Å². The highest BCUT2D eigenvalue weighted by atomic mass is 16.3. The van der Waals surface area contributed by atoms with Gasteiger partial charge in [-0.2, -0.15) is 0 Å². The molecule has 1 aliphatic rings. The standard InChI is InChI=1S/C11H23NO/c1-10(2)5-7-12(8-6-10)9-11(3,4)13/h13H,5-9H2,1-4H3. The molecule has 0 aromatic heterocycles. The van der Waals surface area contributed by atoms with E-state index in [0.717, 1.165) is 19.6 Å². The maximum atomic E-state index is 9.66. The monoisotopic (exact) mass is 185 g/mol. The van der Waals surface area contributed by atoms with Crippen molar-refractivity contribution in [2.75, 3.05) is 19.6 Å². The van der Waals surface area contributed by atoms with Gasteiger partial charge in [0.15, 0.2) is 0 Å². The summed E-state index contributed by atoms with van der Waals surface area (Å²) in [6.45, 7) is 11.5. The second-order valence-electron chi connectivity index (χ2n) is 5.75. The smallest absolute Gasteiger partial charge is 0.0718 e. The Bertz CT molecular complexity index is 159. The van der Waals surface area contributed by atoms with Gasteiger partial charge in [0.25, 0.3) is 0 Å². The Hall–Kier alpha value is -0.0800. The molecule has 0 atom stereocenters. The number of likely N-dealkylation sites (tertiary alicyclic amines) is 1. The van der Waals surface area contributed by atoms with Crippen LogP contribution in [0.2, 0.25) is 0 Å². The van der Waals surface area contributed by atoms with Gasteiger partial charge in [-0.05, 0) is 45.2 Å². The van der Waals surface area contributed by atoms with Crippen molar-refractivity contribution in [3.8, 4) is 0 Å². The zero-order chi connectivity index (χ0) is 10.1. The molecule has 1 aliphatic heterocycles. The number of nitrogens with zero attached hydrogens (tertiary/aromatic N) is 1. The molecular formula is C11H23NO. The van der Waals surface area contributed by atoms with Gasteiger partial charge in [-0.25, -0.2) is 0 Å². The van der Waals surface area contributed by atoms with Crippen LogP contribution in [-0.4, -0.2) is 35.2 Å². The van der Waals surface area contributed by atoms with Crippen LogP contribution < -0.4 is 0 Å². The van der Waals surface area contributed by atoms with Gasteiger partial charge in [0, 0.05) is 6.54 Å². The Balaban J connectivity index is 2.34. The molecule has 0 unspecified atom stereocenters. The zero-order valence-electron chi connectivity index (χ0n) is 9.43. The molecule has 0 amide bonds. The van der Waals surface area contributed by atoms with E-state index in [0.29, 0.717) is 5.41 Å². The van der Waals surface area contributed by atoms with Gasteiger partial charge in [-0.3, -0.25) is 0 Å². The van der Waals surface area contributed by atoms with E-state index >= 15 is 0 Å². The van der Waals surface area contributed by atoms with Crippen molar-refractivity contribution in [2.24, 2.45) is 5.41 Å². The molecule has 1 fully saturated rings. The molecule has 1 N–H and O–H groups in total. The van der Waals surface area contributed by atoms with E-state index < -0.39 is 5.60 Å². The lowest BCUT2D eigenvalue weighted by molar-refractivity contribution is 0.0157. The fourth-order valence-electron chi connectivity index (χ4n) is 1.86. The quantitative estimate of drug-likeness (QED) is 0.710. The Morgan fingerprint density at radius 2 is 1.69 bits per heavy atom. The Kier molecular flexibility index (Phi) is 3.03. The summed E-state index contributed by atoms with van der Waals surface area (Å²) in [6, 6.07) is 0. The number of hydrogen-bond acceptors (Lipinski definition) is 2. The second-order valence-corrected chi connectivity index (χ2v) is 5.75. The van der Waals surface area contributed by atoms with Crippen LogP contribution in [0.15, 0.2) is 0 Å². The minimum absolute atomic E-state index is 0.510. The molecule has 0 saturated carbocycles. The van der Waals surface area contributed by atoms with E-state index in [1.807, 2.05) is 13.8 Å². The molecule has 1 heterocycles. The Morgan fingerprint density at radius 3 is 2.08 bits per heavy atom. The first-order valence-electron chi connectivity index (χ1n) is 5.23. The van der Waals surface area contributed by atoms with Crippen molar-refractivity contribution >= 4 is 0 Å². The number of β-amino-alcohol motifs (C(OH)–C–C–N with tert-alkyl or cyclic N) is 1. The fraction of sp³-hybridized carbons (Fsp3) is 1.00. The topological polar surface area (TPSA) is 23.5 Å². The van der Waals surface area contributed by atoms with Gasteiger partial charge in [0.05, 0.1) is 5.60 Å². The summed E-state index contributed by atoms with van der Waals surface area (Å²) in [5.74, 6) is 0. The summed E-state index contributed by atoms with van der Waals surface area (Å²) in [6.07, 6.45) is 2.51. The van der Waals surface area contributed by atoms with Gasteiger partial charge in [0.2, 0.25) is 0 Å². The van der Waals surface area contributed by atoms with E-state index in [4.69, 9.17) is 0 Å². The number of aliphatic hydroxyl groups is 1. The highest BCUT2D eigenvalue weighted by Crippen LogP contribution is 2.30. The average Bonchev–Trinajstić information content (AvgIpc) is 1.91. The van der Waals surface area contributed by atoms with Crippen molar-refractivity contribution in [1.29, 1.82) is 0 Å². The van der Waals surface area contributed by atoms with Crippen LogP contribution in [0, 0.1) is 5.41 Å². The zero-order valence-corrected chi connectivity index (χ0v) is 9.43. The van der Waals surface area contributed by atoms with Gasteiger partial charge < -0.3 is 10.0 Å². The van der Waals surface area contributed by atoms with Crippen LogP contribution >= 0.6 is 0 Å². The van der Waals surface area contributed by atoms with Gasteiger partial charge in [-0.15, -0.1) is 0 Å². The molecule has 13 heavy (non-hydrogen) atoms. The fourth-order valence-corrected chi connectivity index (χ4v) is 1.86. The van der Waals surface area contributed by atoms with Gasteiger partial charge in [-0.1, -0.05) is 13.8 Å². The number of rotatable bonds is 2. The predicted octanol–water partition coefficient (Wildman–Crippen LogP) is 1.88. The van der Waals surface area contributed by atoms with Crippen LogP contribution in [0.3, 0.4) is 0 Å². The van der Waals surface area contributed by atoms with Gasteiger partial charge in [0.1, 0.15) is 0 Å². The molecule has 1 rings (SSSR count). The van der Waals surface area contributed by atoms with E-state index in [9.17, 15) is 5.11 Å². The van der Waals surface area contributed by atoms with Crippen molar-refractivity contribution in [2.45, 2.75) is 46.1 Å². The van der Waals surface area contributed by atoms with Crippen LogP contribution in [0.1, 0.15) is 40.5 Å². The Labute approximate surface area is 81.9 Å². The van der Waals surface area contributed by atoms with E-state index in [1.165, 1.54) is 12.8 Å². The lowest BCUT2D eigenvalue weighted by Crippen LogP contribution is -2.44. The third kappa shape index (κ3) is 4.10. The number of hydrogen-bond donors (Lipinski definition) is 1. The molecule has 2 nitrogen and oxygen atoms in total. The van der Waals surface area contributed by atoms with Crippen LogP contribution in [-0.2, 0) is 0 Å². The number of piperidine rings is 1. The van der Waals surface area contributed by atoms with Crippen LogP contribution in [0.4, 0.5) is 0 Å². The van der Waals surface area contributed by atoms with E-state index in [1.54, 1.807) is 0 Å². The first-order valence-corrected chi connectivity index (χ1v) is 5.23. The largest absolute Gasteiger partial charge is 0.389 e. The lowest BCUT2D eigenvalue weighted by Gasteiger charge is -2.39. The van der Waals surface area contributed by atoms with Crippen LogP contribution in [0.25, 0.3) is 0 Å². The molecule has 0 bridgehead atoms. The maximum absolute atomic E-state index is 9.66. The molecule has 78 valence electrons. The highest BCUT2D eigenvalue weighted by Gasteiger charge is 2.27. The normalized spacial score (nSPS) is 24.7. The SMILES string of the molecule is CC(C)(O)CN1CCC(C)(C)CC1. The Morgan fingerprint density at radius 1 is 1.23 bits per heavy atom. The van der Waals surface area contributed by atoms with Crippen molar-refractivity contribution in [3.05, 3.63) is 0 Å². The molecule has 0 aliphatic carbocycles. The van der Waals surface area contributed by atoms with E-state index in [-0.39, 0.29) is 0 Å². The molecule has 0 spiro atoms. The molecule has 0 radical (unpaired) electrons. The van der Waals surface area contributed by atoms with Crippen molar-refractivity contribution < 1.29 is 5.11 Å². The minimum atomic E-state index is -0.540. The second kappa shape index (κ2) is 3.58. The first-order chi connectivity index (χ1) is 5.79. The molecular weight excluding hydrogens is 162 g/mol. The molecule has 0 aromatic rings. The average molecular weight is 185 g/mol. The van der Waals surface area contributed by atoms with Crippen LogP contribution in [0.5, 0.6) is 0 Å². The first kappa shape index (κ1) is 11.0. The lowest BCUT2D eigenvalue weighted by atomic mass is 9.82. The third-order valence-electron chi connectivity index (χ3n) is 2.82. The molecule has 2 heteroatoms. The molecule has 1 saturated heterocycles. The molecule has 0 aromatic carbocycles. The summed E-state index contributed by atoms with van der Waals surface area (Å²) in [4.78, 5) is 2.37. The predicted molar refractivity (Wildman–Crippen MR) is 55.8 cm³/mol. The summed E-state index contributed by atoms with van der Waals surface area (Å²) in [7, 11) is 0. The van der Waals surface area contributed by atoms with E-state index in [2.05, 4.69) is 18.7 Å². The van der Waals surface area contributed by atoms with Crippen molar-refractivity contribution in [1.82, 2.24) is 4.90 Å². The summed E-state index contributed by atoms with van der Waals surface area (Å²) in [5, 5.41) is 9.66. The maximum Gasteiger partial charge on any atom is 0.0718 e. The summed E-state index contributed by atoms with van der Waals surface area (Å²) in [5.41, 5.74) is -0.0302. The third-order valence-corrected chi connectivity index (χ3v) is 2.82. The summed E-state index contributed by atoms with van der Waals surface area (Å²) < 4.78 is 0. The van der Waals surface area contributed by atoms with Gasteiger partial charge >= 0.3 is 0 Å². The minimum Gasteiger partial charge on any atom is -0.389 e.